The number of non-ortho nitro benzene ring substituents is 1. The predicted octanol–water partition coefficient (Wildman–Crippen LogP) is 2.43. The maximum Gasteiger partial charge on any atom is 0.270 e. The van der Waals surface area contributed by atoms with Crippen molar-refractivity contribution in [3.63, 3.8) is 0 Å². The molecular formula is C13H18ClN3O2. The van der Waals surface area contributed by atoms with Crippen molar-refractivity contribution in [2.75, 3.05) is 20.1 Å². The minimum atomic E-state index is -0.430. The molecule has 1 heterocycles. The summed E-state index contributed by atoms with van der Waals surface area (Å²) in [5, 5.41) is 14.5. The number of piperidine rings is 1. The fourth-order valence-corrected chi connectivity index (χ4v) is 2.50. The molecular weight excluding hydrogens is 266 g/mol. The van der Waals surface area contributed by atoms with E-state index >= 15 is 0 Å². The average molecular weight is 284 g/mol. The van der Waals surface area contributed by atoms with Crippen LogP contribution in [0.2, 0.25) is 5.02 Å². The van der Waals surface area contributed by atoms with E-state index in [4.69, 9.17) is 11.6 Å². The van der Waals surface area contributed by atoms with Crippen LogP contribution in [0.4, 0.5) is 5.69 Å². The molecule has 19 heavy (non-hydrogen) atoms. The highest BCUT2D eigenvalue weighted by molar-refractivity contribution is 6.31. The minimum Gasteiger partial charge on any atom is -0.310 e. The molecule has 1 N–H and O–H groups in total. The molecule has 0 atom stereocenters. The van der Waals surface area contributed by atoms with Crippen molar-refractivity contribution in [2.45, 2.75) is 25.4 Å². The van der Waals surface area contributed by atoms with Gasteiger partial charge in [0.05, 0.1) is 9.95 Å². The van der Waals surface area contributed by atoms with Crippen molar-refractivity contribution >= 4 is 17.3 Å². The Hall–Kier alpha value is -1.17. The van der Waals surface area contributed by atoms with E-state index in [9.17, 15) is 10.1 Å². The molecule has 104 valence electrons. The van der Waals surface area contributed by atoms with Crippen LogP contribution in [0.3, 0.4) is 0 Å². The van der Waals surface area contributed by atoms with Gasteiger partial charge in [-0.3, -0.25) is 10.1 Å². The maximum absolute atomic E-state index is 10.6. The first-order valence-electron chi connectivity index (χ1n) is 6.41. The molecule has 1 aromatic rings. The van der Waals surface area contributed by atoms with Gasteiger partial charge in [0.2, 0.25) is 0 Å². The largest absolute Gasteiger partial charge is 0.310 e. The van der Waals surface area contributed by atoms with Gasteiger partial charge in [0.1, 0.15) is 0 Å². The van der Waals surface area contributed by atoms with Crippen LogP contribution < -0.4 is 5.32 Å². The smallest absolute Gasteiger partial charge is 0.270 e. The maximum atomic E-state index is 10.6. The summed E-state index contributed by atoms with van der Waals surface area (Å²) in [5.41, 5.74) is 0.944. The third kappa shape index (κ3) is 3.89. The van der Waals surface area contributed by atoms with Crippen LogP contribution >= 0.6 is 11.6 Å². The fraction of sp³-hybridized carbons (Fsp3) is 0.538. The van der Waals surface area contributed by atoms with Gasteiger partial charge < -0.3 is 10.2 Å². The number of hydrogen-bond donors (Lipinski definition) is 1. The van der Waals surface area contributed by atoms with Crippen molar-refractivity contribution in [1.82, 2.24) is 10.2 Å². The number of halogens is 1. The summed E-state index contributed by atoms with van der Waals surface area (Å²) in [6.45, 7) is 2.86. The van der Waals surface area contributed by atoms with E-state index in [-0.39, 0.29) is 5.69 Å². The number of benzene rings is 1. The molecule has 1 fully saturated rings. The molecule has 5 nitrogen and oxygen atoms in total. The molecule has 2 rings (SSSR count). The molecule has 0 aliphatic carbocycles. The van der Waals surface area contributed by atoms with Crippen LogP contribution in [-0.4, -0.2) is 36.0 Å². The zero-order chi connectivity index (χ0) is 13.8. The lowest BCUT2D eigenvalue weighted by molar-refractivity contribution is -0.384. The lowest BCUT2D eigenvalue weighted by Gasteiger charge is -2.29. The van der Waals surface area contributed by atoms with Gasteiger partial charge in [-0.05, 0) is 44.6 Å². The number of likely N-dealkylation sites (tertiary alicyclic amines) is 1. The van der Waals surface area contributed by atoms with Crippen LogP contribution in [0.5, 0.6) is 0 Å². The van der Waals surface area contributed by atoms with Gasteiger partial charge in [-0.15, -0.1) is 0 Å². The molecule has 0 spiro atoms. The van der Waals surface area contributed by atoms with Crippen LogP contribution in [0.25, 0.3) is 0 Å². The Kier molecular flexibility index (Phi) is 4.74. The Labute approximate surface area is 117 Å². The number of nitrogens with one attached hydrogen (secondary N) is 1. The first-order valence-corrected chi connectivity index (χ1v) is 6.79. The second-order valence-corrected chi connectivity index (χ2v) is 5.40. The number of nitro groups is 1. The van der Waals surface area contributed by atoms with Crippen LogP contribution in [0.1, 0.15) is 18.4 Å². The van der Waals surface area contributed by atoms with Crippen LogP contribution in [-0.2, 0) is 6.54 Å². The zero-order valence-electron chi connectivity index (χ0n) is 10.9. The molecule has 6 heteroatoms. The van der Waals surface area contributed by atoms with E-state index in [1.54, 1.807) is 6.07 Å². The first kappa shape index (κ1) is 14.2. The summed E-state index contributed by atoms with van der Waals surface area (Å²) in [7, 11) is 2.13. The molecule has 1 aliphatic heterocycles. The molecule has 0 radical (unpaired) electrons. The molecule has 0 unspecified atom stereocenters. The summed E-state index contributed by atoms with van der Waals surface area (Å²) in [4.78, 5) is 12.5. The summed E-state index contributed by atoms with van der Waals surface area (Å²) in [5.74, 6) is 0. The quantitative estimate of drug-likeness (QED) is 0.681. The van der Waals surface area contributed by atoms with Crippen molar-refractivity contribution in [3.05, 3.63) is 38.9 Å². The van der Waals surface area contributed by atoms with Crippen molar-refractivity contribution in [2.24, 2.45) is 0 Å². The Morgan fingerprint density at radius 3 is 2.74 bits per heavy atom. The van der Waals surface area contributed by atoms with Crippen LogP contribution in [0, 0.1) is 10.1 Å². The predicted molar refractivity (Wildman–Crippen MR) is 75.5 cm³/mol. The van der Waals surface area contributed by atoms with E-state index in [1.165, 1.54) is 12.1 Å². The second-order valence-electron chi connectivity index (χ2n) is 4.99. The van der Waals surface area contributed by atoms with E-state index in [0.717, 1.165) is 31.5 Å². The summed E-state index contributed by atoms with van der Waals surface area (Å²) < 4.78 is 0. The summed E-state index contributed by atoms with van der Waals surface area (Å²) in [6.07, 6.45) is 2.25. The van der Waals surface area contributed by atoms with Gasteiger partial charge in [-0.2, -0.15) is 0 Å². The molecule has 0 amide bonds. The number of nitrogens with zero attached hydrogens (tertiary/aromatic N) is 2. The topological polar surface area (TPSA) is 58.4 Å². The van der Waals surface area contributed by atoms with E-state index in [2.05, 4.69) is 17.3 Å². The van der Waals surface area contributed by atoms with Gasteiger partial charge in [-0.1, -0.05) is 11.6 Å². The Morgan fingerprint density at radius 2 is 2.16 bits per heavy atom. The van der Waals surface area contributed by atoms with E-state index < -0.39 is 4.92 Å². The fourth-order valence-electron chi connectivity index (χ4n) is 2.26. The molecule has 0 saturated carbocycles. The third-order valence-electron chi connectivity index (χ3n) is 3.55. The van der Waals surface area contributed by atoms with E-state index in [1.807, 2.05) is 0 Å². The standard InChI is InChI=1S/C13H18ClN3O2/c1-16-6-4-11(5-7-16)15-9-10-2-3-12(17(18)19)8-13(10)14/h2-3,8,11,15H,4-7,9H2,1H3. The highest BCUT2D eigenvalue weighted by Crippen LogP contribution is 2.22. The van der Waals surface area contributed by atoms with Gasteiger partial charge >= 0.3 is 0 Å². The lowest BCUT2D eigenvalue weighted by Crippen LogP contribution is -2.40. The SMILES string of the molecule is CN1CCC(NCc2ccc([N+](=O)[O-])cc2Cl)CC1. The Morgan fingerprint density at radius 1 is 1.47 bits per heavy atom. The number of nitro benzene ring substituents is 1. The third-order valence-corrected chi connectivity index (χ3v) is 3.90. The highest BCUT2D eigenvalue weighted by Gasteiger charge is 2.16. The Balaban J connectivity index is 1.91. The normalized spacial score (nSPS) is 17.6. The first-order chi connectivity index (χ1) is 9.06. The molecule has 1 aliphatic rings. The van der Waals surface area contributed by atoms with Gasteiger partial charge in [0.25, 0.3) is 5.69 Å². The second kappa shape index (κ2) is 6.32. The van der Waals surface area contributed by atoms with Crippen molar-refractivity contribution in [3.8, 4) is 0 Å². The molecule has 0 bridgehead atoms. The zero-order valence-corrected chi connectivity index (χ0v) is 11.7. The molecule has 1 saturated heterocycles. The van der Waals surface area contributed by atoms with Gasteiger partial charge in [-0.25, -0.2) is 0 Å². The highest BCUT2D eigenvalue weighted by atomic mass is 35.5. The van der Waals surface area contributed by atoms with Gasteiger partial charge in [0.15, 0.2) is 0 Å². The number of hydrogen-bond acceptors (Lipinski definition) is 4. The average Bonchev–Trinajstić information content (AvgIpc) is 2.39. The van der Waals surface area contributed by atoms with Crippen molar-refractivity contribution < 1.29 is 4.92 Å². The monoisotopic (exact) mass is 283 g/mol. The van der Waals surface area contributed by atoms with Crippen molar-refractivity contribution in [1.29, 1.82) is 0 Å². The summed E-state index contributed by atoms with van der Waals surface area (Å²) in [6, 6.07) is 5.13. The molecule has 1 aromatic carbocycles. The lowest BCUT2D eigenvalue weighted by atomic mass is 10.1. The number of rotatable bonds is 4. The van der Waals surface area contributed by atoms with Gasteiger partial charge in [0, 0.05) is 24.7 Å². The summed E-state index contributed by atoms with van der Waals surface area (Å²) >= 11 is 6.06. The van der Waals surface area contributed by atoms with Crippen LogP contribution in [0.15, 0.2) is 18.2 Å². The Bertz CT molecular complexity index is 459. The van der Waals surface area contributed by atoms with E-state index in [0.29, 0.717) is 17.6 Å². The molecule has 0 aromatic heterocycles. The minimum absolute atomic E-state index is 0.0352.